The number of piperidine rings is 1. The topological polar surface area (TPSA) is 47.4 Å². The zero-order chi connectivity index (χ0) is 18.6. The number of hydrogen-bond acceptors (Lipinski definition) is 3. The molecule has 1 saturated heterocycles. The third-order valence-corrected chi connectivity index (χ3v) is 5.21. The van der Waals surface area contributed by atoms with Crippen molar-refractivity contribution in [2.45, 2.75) is 38.8 Å². The number of ether oxygens (including phenoxy) is 1. The summed E-state index contributed by atoms with van der Waals surface area (Å²) in [6, 6.07) is 16.2. The van der Waals surface area contributed by atoms with E-state index in [2.05, 4.69) is 28.6 Å². The lowest BCUT2D eigenvalue weighted by Gasteiger charge is -2.32. The number of fused-ring (bicyclic) bond motifs is 1. The molecule has 4 rings (SSSR count). The highest BCUT2D eigenvalue weighted by atomic mass is 16.5. The maximum atomic E-state index is 12.6. The van der Waals surface area contributed by atoms with Crippen molar-refractivity contribution in [1.29, 1.82) is 0 Å². The molecule has 0 atom stereocenters. The number of carbonyl (C=O) groups excluding carboxylic acids is 1. The molecule has 2 aromatic carbocycles. The number of benzene rings is 2. The third-order valence-electron chi connectivity index (χ3n) is 5.21. The average Bonchev–Trinajstić information content (AvgIpc) is 3.12. The van der Waals surface area contributed by atoms with Crippen LogP contribution in [0.5, 0.6) is 5.75 Å². The molecule has 0 spiro atoms. The first-order chi connectivity index (χ1) is 13.2. The Morgan fingerprint density at radius 2 is 1.85 bits per heavy atom. The molecule has 2 heterocycles. The number of imidazole rings is 1. The van der Waals surface area contributed by atoms with Gasteiger partial charge >= 0.3 is 0 Å². The number of aromatic nitrogens is 2. The molecule has 1 aromatic heterocycles. The number of amides is 1. The van der Waals surface area contributed by atoms with Gasteiger partial charge in [-0.15, -0.1) is 0 Å². The number of rotatable bonds is 5. The summed E-state index contributed by atoms with van der Waals surface area (Å²) in [4.78, 5) is 18.9. The molecule has 1 aliphatic heterocycles. The summed E-state index contributed by atoms with van der Waals surface area (Å²) in [6.45, 7) is 4.26. The van der Waals surface area contributed by atoms with Crippen molar-refractivity contribution in [3.63, 3.8) is 0 Å². The highest BCUT2D eigenvalue weighted by molar-refractivity contribution is 5.77. The number of aryl methyl sites for hydroxylation is 2. The fourth-order valence-electron chi connectivity index (χ4n) is 3.60. The molecule has 0 radical (unpaired) electrons. The van der Waals surface area contributed by atoms with Gasteiger partial charge in [-0.05, 0) is 31.2 Å². The second kappa shape index (κ2) is 7.82. The van der Waals surface area contributed by atoms with Crippen LogP contribution in [0.3, 0.4) is 0 Å². The van der Waals surface area contributed by atoms with E-state index in [4.69, 9.17) is 4.74 Å². The minimum Gasteiger partial charge on any atom is -0.490 e. The molecule has 1 aliphatic rings. The molecule has 3 aromatic rings. The molecule has 140 valence electrons. The van der Waals surface area contributed by atoms with E-state index in [1.54, 1.807) is 0 Å². The van der Waals surface area contributed by atoms with E-state index in [9.17, 15) is 4.79 Å². The lowest BCUT2D eigenvalue weighted by molar-refractivity contribution is -0.133. The number of hydrogen-bond donors (Lipinski definition) is 0. The van der Waals surface area contributed by atoms with Gasteiger partial charge in [0.25, 0.3) is 0 Å². The van der Waals surface area contributed by atoms with E-state index in [-0.39, 0.29) is 12.0 Å². The molecule has 0 unspecified atom stereocenters. The first-order valence-electron chi connectivity index (χ1n) is 9.60. The minimum absolute atomic E-state index is 0.189. The van der Waals surface area contributed by atoms with Crippen LogP contribution < -0.4 is 4.74 Å². The highest BCUT2D eigenvalue weighted by Gasteiger charge is 2.23. The lowest BCUT2D eigenvalue weighted by Crippen LogP contribution is -2.42. The van der Waals surface area contributed by atoms with E-state index in [1.807, 2.05) is 47.6 Å². The molecular weight excluding hydrogens is 338 g/mol. The largest absolute Gasteiger partial charge is 0.490 e. The summed E-state index contributed by atoms with van der Waals surface area (Å²) in [5.41, 5.74) is 3.28. The Bertz CT molecular complexity index is 909. The summed E-state index contributed by atoms with van der Waals surface area (Å²) < 4.78 is 8.11. The Morgan fingerprint density at radius 3 is 2.63 bits per heavy atom. The standard InChI is InChI=1S/C22H25N3O2/c1-17-6-8-18(9-7-17)27-19-10-13-24(14-11-19)22(26)12-15-25-16-23-20-4-2-3-5-21(20)25/h2-9,16,19H,10-15H2,1H3. The monoisotopic (exact) mass is 363 g/mol. The van der Waals surface area contributed by atoms with Crippen molar-refractivity contribution in [1.82, 2.24) is 14.5 Å². The van der Waals surface area contributed by atoms with E-state index >= 15 is 0 Å². The molecule has 0 bridgehead atoms. The van der Waals surface area contributed by atoms with Gasteiger partial charge < -0.3 is 14.2 Å². The Hall–Kier alpha value is -2.82. The molecule has 1 amide bonds. The maximum absolute atomic E-state index is 12.6. The summed E-state index contributed by atoms with van der Waals surface area (Å²) >= 11 is 0. The quantitative estimate of drug-likeness (QED) is 0.693. The second-order valence-corrected chi connectivity index (χ2v) is 7.19. The molecule has 0 N–H and O–H groups in total. The van der Waals surface area contributed by atoms with Gasteiger partial charge in [0, 0.05) is 38.9 Å². The summed E-state index contributed by atoms with van der Waals surface area (Å²) in [7, 11) is 0. The van der Waals surface area contributed by atoms with Crippen LogP contribution in [0.2, 0.25) is 0 Å². The fourth-order valence-corrected chi connectivity index (χ4v) is 3.60. The van der Waals surface area contributed by atoms with Crippen molar-refractivity contribution >= 4 is 16.9 Å². The van der Waals surface area contributed by atoms with Crippen LogP contribution in [0, 0.1) is 6.92 Å². The van der Waals surface area contributed by atoms with Gasteiger partial charge in [0.15, 0.2) is 0 Å². The number of likely N-dealkylation sites (tertiary alicyclic amines) is 1. The number of carbonyl (C=O) groups is 1. The molecule has 0 aliphatic carbocycles. The van der Waals surface area contributed by atoms with Crippen molar-refractivity contribution in [2.24, 2.45) is 0 Å². The number of para-hydroxylation sites is 2. The first kappa shape index (κ1) is 17.6. The van der Waals surface area contributed by atoms with Crippen LogP contribution in [-0.4, -0.2) is 39.6 Å². The van der Waals surface area contributed by atoms with Gasteiger partial charge in [0.2, 0.25) is 5.91 Å². The average molecular weight is 363 g/mol. The number of nitrogens with zero attached hydrogens (tertiary/aromatic N) is 3. The molecular formula is C22H25N3O2. The van der Waals surface area contributed by atoms with Gasteiger partial charge in [-0.25, -0.2) is 4.98 Å². The van der Waals surface area contributed by atoms with Gasteiger partial charge in [0.05, 0.1) is 17.4 Å². The Morgan fingerprint density at radius 1 is 1.11 bits per heavy atom. The van der Waals surface area contributed by atoms with E-state index in [0.717, 1.165) is 42.7 Å². The predicted molar refractivity (Wildman–Crippen MR) is 106 cm³/mol. The van der Waals surface area contributed by atoms with Crippen molar-refractivity contribution in [3.8, 4) is 5.75 Å². The minimum atomic E-state index is 0.189. The normalized spacial score (nSPS) is 15.2. The van der Waals surface area contributed by atoms with Gasteiger partial charge in [-0.3, -0.25) is 4.79 Å². The molecule has 0 saturated carbocycles. The Balaban J connectivity index is 1.26. The summed E-state index contributed by atoms with van der Waals surface area (Å²) in [5.74, 6) is 1.12. The van der Waals surface area contributed by atoms with Gasteiger partial charge in [-0.1, -0.05) is 29.8 Å². The zero-order valence-corrected chi connectivity index (χ0v) is 15.7. The van der Waals surface area contributed by atoms with Crippen molar-refractivity contribution < 1.29 is 9.53 Å². The SMILES string of the molecule is Cc1ccc(OC2CCN(C(=O)CCn3cnc4ccccc43)CC2)cc1. The van der Waals surface area contributed by atoms with Gasteiger partial charge in [-0.2, -0.15) is 0 Å². The first-order valence-corrected chi connectivity index (χ1v) is 9.60. The zero-order valence-electron chi connectivity index (χ0n) is 15.7. The highest BCUT2D eigenvalue weighted by Crippen LogP contribution is 2.20. The second-order valence-electron chi connectivity index (χ2n) is 7.19. The Kier molecular flexibility index (Phi) is 5.10. The van der Waals surface area contributed by atoms with E-state index in [1.165, 1.54) is 5.56 Å². The van der Waals surface area contributed by atoms with Crippen LogP contribution in [-0.2, 0) is 11.3 Å². The predicted octanol–water partition coefficient (Wildman–Crippen LogP) is 3.80. The molecule has 27 heavy (non-hydrogen) atoms. The smallest absolute Gasteiger partial charge is 0.224 e. The van der Waals surface area contributed by atoms with Gasteiger partial charge in [0.1, 0.15) is 11.9 Å². The summed E-state index contributed by atoms with van der Waals surface area (Å²) in [5, 5.41) is 0. The van der Waals surface area contributed by atoms with Crippen LogP contribution in [0.4, 0.5) is 0 Å². The van der Waals surface area contributed by atoms with E-state index < -0.39 is 0 Å². The van der Waals surface area contributed by atoms with Crippen molar-refractivity contribution in [3.05, 3.63) is 60.4 Å². The fraction of sp³-hybridized carbons (Fsp3) is 0.364. The maximum Gasteiger partial charge on any atom is 0.224 e. The summed E-state index contributed by atoms with van der Waals surface area (Å²) in [6.07, 6.45) is 4.28. The van der Waals surface area contributed by atoms with Crippen LogP contribution in [0.1, 0.15) is 24.8 Å². The van der Waals surface area contributed by atoms with E-state index in [0.29, 0.717) is 13.0 Å². The Labute approximate surface area is 159 Å². The van der Waals surface area contributed by atoms with Crippen LogP contribution >= 0.6 is 0 Å². The van der Waals surface area contributed by atoms with Crippen LogP contribution in [0.15, 0.2) is 54.9 Å². The van der Waals surface area contributed by atoms with Crippen LogP contribution in [0.25, 0.3) is 11.0 Å². The molecule has 5 heteroatoms. The van der Waals surface area contributed by atoms with Crippen molar-refractivity contribution in [2.75, 3.05) is 13.1 Å². The lowest BCUT2D eigenvalue weighted by atomic mass is 10.1. The third kappa shape index (κ3) is 4.13. The molecule has 5 nitrogen and oxygen atoms in total. The molecule has 1 fully saturated rings.